The van der Waals surface area contributed by atoms with E-state index in [0.717, 1.165) is 34.6 Å². The van der Waals surface area contributed by atoms with Gasteiger partial charge in [-0.2, -0.15) is 0 Å². The molecule has 0 bridgehead atoms. The maximum atomic E-state index is 13.3. The smallest absolute Gasteiger partial charge is 0.198 e. The molecule has 3 nitrogen and oxygen atoms in total. The lowest BCUT2D eigenvalue weighted by atomic mass is 9.87. The number of rotatable bonds is 6. The maximum absolute atomic E-state index is 13.3. The zero-order chi connectivity index (χ0) is 18.1. The molecule has 1 heterocycles. The van der Waals surface area contributed by atoms with Gasteiger partial charge in [-0.25, -0.2) is 0 Å². The highest BCUT2D eigenvalue weighted by Gasteiger charge is 2.33. The number of carbonyl (C=O) groups excluding carboxylic acids is 1. The largest absolute Gasteiger partial charge is 0.360 e. The lowest BCUT2D eigenvalue weighted by molar-refractivity contribution is 0.103. The van der Waals surface area contributed by atoms with Gasteiger partial charge >= 0.3 is 0 Å². The number of hydrogen-bond donors (Lipinski definition) is 0. The lowest BCUT2D eigenvalue weighted by Crippen LogP contribution is -2.09. The molecule has 1 aromatic heterocycles. The molecule has 0 N–H and O–H groups in total. The molecule has 0 saturated heterocycles. The molecule has 2 aromatic carbocycles. The van der Waals surface area contributed by atoms with Crippen molar-refractivity contribution in [3.8, 4) is 0 Å². The zero-order valence-corrected chi connectivity index (χ0v) is 15.8. The summed E-state index contributed by atoms with van der Waals surface area (Å²) in [5.74, 6) is 1.25. The minimum absolute atomic E-state index is 0.0126. The number of hydrogen-bond acceptors (Lipinski definition) is 4. The predicted molar refractivity (Wildman–Crippen MR) is 104 cm³/mol. The van der Waals surface area contributed by atoms with E-state index in [-0.39, 0.29) is 11.7 Å². The van der Waals surface area contributed by atoms with Crippen molar-refractivity contribution in [1.82, 2.24) is 5.16 Å². The Morgan fingerprint density at radius 3 is 2.62 bits per heavy atom. The van der Waals surface area contributed by atoms with Crippen molar-refractivity contribution in [2.24, 2.45) is 0 Å². The van der Waals surface area contributed by atoms with Crippen LogP contribution in [0.5, 0.6) is 0 Å². The first-order chi connectivity index (χ1) is 12.7. The third-order valence-corrected chi connectivity index (χ3v) is 5.79. The summed E-state index contributed by atoms with van der Waals surface area (Å²) in [6, 6.07) is 16.4. The van der Waals surface area contributed by atoms with E-state index in [0.29, 0.717) is 11.5 Å². The van der Waals surface area contributed by atoms with Gasteiger partial charge in [0, 0.05) is 22.3 Å². The van der Waals surface area contributed by atoms with E-state index in [1.165, 1.54) is 5.56 Å². The molecule has 0 radical (unpaired) electrons. The standard InChI is InChI=1S/C22H21NO2S/c1-14(15-6-4-3-5-7-15)19-12-17(26-2)10-11-18(19)21(24)20-13-23-25-22(20)16-8-9-16/h3-7,10-14,16H,8-9H2,1-2H3. The van der Waals surface area contributed by atoms with Gasteiger partial charge < -0.3 is 4.52 Å². The van der Waals surface area contributed by atoms with Crippen LogP contribution in [0.15, 0.2) is 64.1 Å². The van der Waals surface area contributed by atoms with Crippen molar-refractivity contribution in [3.63, 3.8) is 0 Å². The van der Waals surface area contributed by atoms with Crippen molar-refractivity contribution in [3.05, 3.63) is 82.7 Å². The van der Waals surface area contributed by atoms with Gasteiger partial charge in [0.15, 0.2) is 11.5 Å². The maximum Gasteiger partial charge on any atom is 0.198 e. The molecule has 132 valence electrons. The first kappa shape index (κ1) is 17.1. The van der Waals surface area contributed by atoms with Crippen LogP contribution in [0, 0.1) is 0 Å². The summed E-state index contributed by atoms with van der Waals surface area (Å²) >= 11 is 1.69. The molecular formula is C22H21NO2S. The number of aromatic nitrogens is 1. The van der Waals surface area contributed by atoms with Gasteiger partial charge in [0.1, 0.15) is 0 Å². The topological polar surface area (TPSA) is 43.1 Å². The van der Waals surface area contributed by atoms with Gasteiger partial charge in [0.05, 0.1) is 11.8 Å². The Bertz CT molecular complexity index is 928. The summed E-state index contributed by atoms with van der Waals surface area (Å²) in [6.07, 6.45) is 5.79. The highest BCUT2D eigenvalue weighted by atomic mass is 32.2. The summed E-state index contributed by atoms with van der Waals surface area (Å²) in [6.45, 7) is 2.15. The van der Waals surface area contributed by atoms with Gasteiger partial charge in [-0.15, -0.1) is 11.8 Å². The van der Waals surface area contributed by atoms with E-state index in [4.69, 9.17) is 4.52 Å². The van der Waals surface area contributed by atoms with Crippen molar-refractivity contribution in [2.45, 2.75) is 36.5 Å². The Kier molecular flexibility index (Phi) is 4.68. The molecule has 1 aliphatic rings. The Balaban J connectivity index is 1.78. The Hall–Kier alpha value is -2.33. The van der Waals surface area contributed by atoms with Crippen molar-refractivity contribution < 1.29 is 9.32 Å². The second-order valence-corrected chi connectivity index (χ2v) is 7.67. The van der Waals surface area contributed by atoms with Crippen LogP contribution in [-0.2, 0) is 0 Å². The molecule has 0 aliphatic heterocycles. The summed E-state index contributed by atoms with van der Waals surface area (Å²) < 4.78 is 5.39. The first-order valence-corrected chi connectivity index (χ1v) is 10.1. The van der Waals surface area contributed by atoms with Crippen LogP contribution in [0.3, 0.4) is 0 Å². The number of carbonyl (C=O) groups is 1. The molecule has 0 spiro atoms. The van der Waals surface area contributed by atoms with Gasteiger partial charge in [0.25, 0.3) is 0 Å². The SMILES string of the molecule is CSc1ccc(C(=O)c2cnoc2C2CC2)c(C(C)c2ccccc2)c1. The van der Waals surface area contributed by atoms with Gasteiger partial charge in [0.2, 0.25) is 0 Å². The van der Waals surface area contributed by atoms with Crippen LogP contribution in [0.25, 0.3) is 0 Å². The van der Waals surface area contributed by atoms with Crippen LogP contribution in [-0.4, -0.2) is 17.2 Å². The molecule has 1 aliphatic carbocycles. The van der Waals surface area contributed by atoms with E-state index in [1.807, 2.05) is 30.3 Å². The van der Waals surface area contributed by atoms with E-state index < -0.39 is 0 Å². The Labute approximate surface area is 157 Å². The van der Waals surface area contributed by atoms with E-state index in [1.54, 1.807) is 18.0 Å². The molecule has 26 heavy (non-hydrogen) atoms. The van der Waals surface area contributed by atoms with Crippen LogP contribution < -0.4 is 0 Å². The third kappa shape index (κ3) is 3.21. The van der Waals surface area contributed by atoms with Crippen LogP contribution in [0.2, 0.25) is 0 Å². The van der Waals surface area contributed by atoms with E-state index in [2.05, 4.69) is 36.5 Å². The monoisotopic (exact) mass is 363 g/mol. The lowest BCUT2D eigenvalue weighted by Gasteiger charge is -2.17. The first-order valence-electron chi connectivity index (χ1n) is 8.91. The molecule has 3 aromatic rings. The highest BCUT2D eigenvalue weighted by Crippen LogP contribution is 2.42. The summed E-state index contributed by atoms with van der Waals surface area (Å²) in [5.41, 5.74) is 3.61. The van der Waals surface area contributed by atoms with Crippen molar-refractivity contribution in [2.75, 3.05) is 6.26 Å². The Morgan fingerprint density at radius 2 is 1.92 bits per heavy atom. The quantitative estimate of drug-likeness (QED) is 0.419. The number of thioether (sulfide) groups is 1. The molecule has 4 heteroatoms. The molecule has 1 unspecified atom stereocenters. The molecule has 1 fully saturated rings. The second kappa shape index (κ2) is 7.12. The molecule has 0 amide bonds. The highest BCUT2D eigenvalue weighted by molar-refractivity contribution is 7.98. The molecule has 1 atom stereocenters. The van der Waals surface area contributed by atoms with E-state index in [9.17, 15) is 4.79 Å². The molecule has 1 saturated carbocycles. The van der Waals surface area contributed by atoms with Crippen molar-refractivity contribution in [1.29, 1.82) is 0 Å². The molecule has 4 rings (SSSR count). The normalized spacial score (nSPS) is 15.0. The number of nitrogens with zero attached hydrogens (tertiary/aromatic N) is 1. The number of ketones is 1. The van der Waals surface area contributed by atoms with Crippen LogP contribution in [0.4, 0.5) is 0 Å². The summed E-state index contributed by atoms with van der Waals surface area (Å²) in [4.78, 5) is 14.5. The average molecular weight is 363 g/mol. The summed E-state index contributed by atoms with van der Waals surface area (Å²) in [7, 11) is 0. The van der Waals surface area contributed by atoms with Gasteiger partial charge in [-0.1, -0.05) is 42.4 Å². The fourth-order valence-corrected chi connectivity index (χ4v) is 3.81. The fraction of sp³-hybridized carbons (Fsp3) is 0.273. The van der Waals surface area contributed by atoms with E-state index >= 15 is 0 Å². The fourth-order valence-electron chi connectivity index (χ4n) is 3.36. The minimum atomic E-state index is 0.0126. The predicted octanol–water partition coefficient (Wildman–Crippen LogP) is 5.66. The average Bonchev–Trinajstić information content (AvgIpc) is 3.43. The van der Waals surface area contributed by atoms with Crippen molar-refractivity contribution >= 4 is 17.5 Å². The second-order valence-electron chi connectivity index (χ2n) is 6.79. The molecular weight excluding hydrogens is 342 g/mol. The summed E-state index contributed by atoms with van der Waals surface area (Å²) in [5, 5.41) is 3.90. The van der Waals surface area contributed by atoms with Crippen LogP contribution in [0.1, 0.15) is 64.4 Å². The number of benzene rings is 2. The Morgan fingerprint density at radius 1 is 1.15 bits per heavy atom. The van der Waals surface area contributed by atoms with Gasteiger partial charge in [-0.05, 0) is 48.4 Å². The third-order valence-electron chi connectivity index (χ3n) is 5.06. The van der Waals surface area contributed by atoms with Gasteiger partial charge in [-0.3, -0.25) is 4.79 Å². The zero-order valence-electron chi connectivity index (χ0n) is 14.9. The van der Waals surface area contributed by atoms with Crippen LogP contribution >= 0.6 is 11.8 Å². The minimum Gasteiger partial charge on any atom is -0.360 e.